The maximum Gasteiger partial charge on any atom is 0.344 e. The summed E-state index contributed by atoms with van der Waals surface area (Å²) in [6.07, 6.45) is 6.19. The molecule has 0 aliphatic rings. The molecule has 0 saturated heterocycles. The fraction of sp³-hybridized carbons (Fsp3) is 0.471. The molecule has 0 aromatic heterocycles. The first-order chi connectivity index (χ1) is 10.1. The number of likely N-dealkylation sites (N-methyl/N-ethyl adjacent to an activating group) is 1. The third-order valence-corrected chi connectivity index (χ3v) is 3.18. The molecule has 0 heterocycles. The van der Waals surface area contributed by atoms with Gasteiger partial charge in [0.1, 0.15) is 5.75 Å². The van der Waals surface area contributed by atoms with Crippen LogP contribution in [0.4, 0.5) is 0 Å². The van der Waals surface area contributed by atoms with Crippen LogP contribution in [0.15, 0.2) is 24.3 Å². The van der Waals surface area contributed by atoms with Crippen molar-refractivity contribution in [3.8, 4) is 18.1 Å². The summed E-state index contributed by atoms with van der Waals surface area (Å²) in [4.78, 5) is 13.4. The van der Waals surface area contributed by atoms with Crippen molar-refractivity contribution in [2.24, 2.45) is 0 Å². The molecule has 0 amide bonds. The quantitative estimate of drug-likeness (QED) is 0.543. The van der Waals surface area contributed by atoms with Gasteiger partial charge in [-0.2, -0.15) is 0 Å². The molecule has 0 aliphatic carbocycles. The summed E-state index contributed by atoms with van der Waals surface area (Å²) in [5.74, 6) is 2.96. The van der Waals surface area contributed by atoms with Crippen LogP contribution in [0, 0.1) is 12.3 Å². The van der Waals surface area contributed by atoms with E-state index in [2.05, 4.69) is 17.7 Å². The molecule has 0 N–H and O–H groups in total. The summed E-state index contributed by atoms with van der Waals surface area (Å²) < 4.78 is 10.3. The highest BCUT2D eigenvalue weighted by Crippen LogP contribution is 2.16. The highest BCUT2D eigenvalue weighted by molar-refractivity contribution is 5.71. The van der Waals surface area contributed by atoms with Crippen molar-refractivity contribution in [1.82, 2.24) is 4.90 Å². The van der Waals surface area contributed by atoms with E-state index in [1.807, 2.05) is 31.3 Å². The molecule has 0 spiro atoms. The Morgan fingerprint density at radius 3 is 2.90 bits per heavy atom. The van der Waals surface area contributed by atoms with Crippen LogP contribution in [-0.2, 0) is 16.0 Å². The van der Waals surface area contributed by atoms with Gasteiger partial charge in [0, 0.05) is 6.04 Å². The van der Waals surface area contributed by atoms with Crippen LogP contribution < -0.4 is 4.74 Å². The van der Waals surface area contributed by atoms with Gasteiger partial charge in [-0.3, -0.25) is 4.90 Å². The molecule has 4 nitrogen and oxygen atoms in total. The van der Waals surface area contributed by atoms with E-state index in [4.69, 9.17) is 15.9 Å². The monoisotopic (exact) mass is 289 g/mol. The number of carbonyl (C=O) groups is 1. The topological polar surface area (TPSA) is 38.8 Å². The maximum atomic E-state index is 11.3. The average molecular weight is 289 g/mol. The van der Waals surface area contributed by atoms with E-state index in [1.165, 1.54) is 0 Å². The molecule has 21 heavy (non-hydrogen) atoms. The minimum atomic E-state index is -0.356. The number of rotatable bonds is 8. The first-order valence-corrected chi connectivity index (χ1v) is 7.07. The number of esters is 1. The van der Waals surface area contributed by atoms with E-state index in [9.17, 15) is 4.79 Å². The molecular weight excluding hydrogens is 266 g/mol. The summed E-state index contributed by atoms with van der Waals surface area (Å²) in [5.41, 5.74) is 1.15. The minimum Gasteiger partial charge on any atom is -0.482 e. The zero-order chi connectivity index (χ0) is 15.7. The van der Waals surface area contributed by atoms with Crippen LogP contribution in [0.5, 0.6) is 5.75 Å². The fourth-order valence-corrected chi connectivity index (χ4v) is 1.90. The normalized spacial score (nSPS) is 11.8. The Morgan fingerprint density at radius 2 is 2.24 bits per heavy atom. The molecule has 0 aliphatic heterocycles. The maximum absolute atomic E-state index is 11.3. The van der Waals surface area contributed by atoms with Gasteiger partial charge in [-0.05, 0) is 45.0 Å². The second-order valence-corrected chi connectivity index (χ2v) is 4.91. The van der Waals surface area contributed by atoms with Crippen LogP contribution in [-0.4, -0.2) is 43.7 Å². The highest BCUT2D eigenvalue weighted by Gasteiger charge is 2.10. The predicted octanol–water partition coefficient (Wildman–Crippen LogP) is 2.12. The Hall–Kier alpha value is -1.99. The van der Waals surface area contributed by atoms with Gasteiger partial charge >= 0.3 is 5.97 Å². The van der Waals surface area contributed by atoms with Crippen molar-refractivity contribution in [2.45, 2.75) is 26.3 Å². The number of terminal acetylenes is 1. The van der Waals surface area contributed by atoms with Crippen LogP contribution in [0.3, 0.4) is 0 Å². The second kappa shape index (κ2) is 9.04. The van der Waals surface area contributed by atoms with E-state index >= 15 is 0 Å². The third kappa shape index (κ3) is 6.33. The summed E-state index contributed by atoms with van der Waals surface area (Å²) in [7, 11) is 2.01. The van der Waals surface area contributed by atoms with E-state index < -0.39 is 0 Å². The molecule has 0 fully saturated rings. The van der Waals surface area contributed by atoms with Gasteiger partial charge in [0.15, 0.2) is 6.61 Å². The lowest BCUT2D eigenvalue weighted by Gasteiger charge is -2.22. The number of hydrogen-bond donors (Lipinski definition) is 0. The molecule has 0 unspecified atom stereocenters. The average Bonchev–Trinajstić information content (AvgIpc) is 2.46. The van der Waals surface area contributed by atoms with E-state index in [0.29, 0.717) is 24.9 Å². The number of benzene rings is 1. The van der Waals surface area contributed by atoms with Crippen molar-refractivity contribution in [3.05, 3.63) is 29.8 Å². The SMILES string of the molecule is C#CCN(C)[C@H](C)Cc1cccc(OCC(=O)OCC)c1. The zero-order valence-corrected chi connectivity index (χ0v) is 13.0. The van der Waals surface area contributed by atoms with Gasteiger partial charge in [0.2, 0.25) is 0 Å². The molecule has 1 aromatic carbocycles. The molecule has 0 radical (unpaired) electrons. The van der Waals surface area contributed by atoms with Crippen molar-refractivity contribution in [3.63, 3.8) is 0 Å². The van der Waals surface area contributed by atoms with Gasteiger partial charge in [-0.15, -0.1) is 6.42 Å². The molecule has 114 valence electrons. The van der Waals surface area contributed by atoms with Crippen LogP contribution >= 0.6 is 0 Å². The third-order valence-electron chi connectivity index (χ3n) is 3.18. The van der Waals surface area contributed by atoms with Gasteiger partial charge in [-0.1, -0.05) is 18.1 Å². The number of nitrogens with zero attached hydrogens (tertiary/aromatic N) is 1. The van der Waals surface area contributed by atoms with Crippen LogP contribution in [0.25, 0.3) is 0 Å². The van der Waals surface area contributed by atoms with Gasteiger partial charge in [-0.25, -0.2) is 4.79 Å². The predicted molar refractivity (Wildman–Crippen MR) is 83.2 cm³/mol. The number of hydrogen-bond acceptors (Lipinski definition) is 4. The van der Waals surface area contributed by atoms with Gasteiger partial charge < -0.3 is 9.47 Å². The second-order valence-electron chi connectivity index (χ2n) is 4.91. The molecule has 1 rings (SSSR count). The smallest absolute Gasteiger partial charge is 0.344 e. The fourth-order valence-electron chi connectivity index (χ4n) is 1.90. The standard InChI is InChI=1S/C17H23NO3/c1-5-10-18(4)14(3)11-15-8-7-9-16(12-15)21-13-17(19)20-6-2/h1,7-9,12,14H,6,10-11,13H2,2-4H3/t14-/m1/s1. The first kappa shape index (κ1) is 17.1. The lowest BCUT2D eigenvalue weighted by molar-refractivity contribution is -0.145. The highest BCUT2D eigenvalue weighted by atomic mass is 16.6. The summed E-state index contributed by atoms with van der Waals surface area (Å²) in [6, 6.07) is 8.07. The number of carbonyl (C=O) groups excluding carboxylic acids is 1. The van der Waals surface area contributed by atoms with E-state index in [-0.39, 0.29) is 12.6 Å². The van der Waals surface area contributed by atoms with Crippen molar-refractivity contribution >= 4 is 5.97 Å². The summed E-state index contributed by atoms with van der Waals surface area (Å²) in [6.45, 7) is 4.82. The minimum absolute atomic E-state index is 0.0656. The van der Waals surface area contributed by atoms with E-state index in [1.54, 1.807) is 6.92 Å². The van der Waals surface area contributed by atoms with Crippen molar-refractivity contribution in [2.75, 3.05) is 26.8 Å². The summed E-state index contributed by atoms with van der Waals surface area (Å²) >= 11 is 0. The Kier molecular flexibility index (Phi) is 7.34. The molecule has 0 saturated carbocycles. The van der Waals surface area contributed by atoms with Gasteiger partial charge in [0.25, 0.3) is 0 Å². The molecule has 4 heteroatoms. The first-order valence-electron chi connectivity index (χ1n) is 7.07. The Morgan fingerprint density at radius 1 is 1.48 bits per heavy atom. The van der Waals surface area contributed by atoms with Crippen molar-refractivity contribution in [1.29, 1.82) is 0 Å². The molecule has 1 atom stereocenters. The largest absolute Gasteiger partial charge is 0.482 e. The molecular formula is C17H23NO3. The van der Waals surface area contributed by atoms with Crippen molar-refractivity contribution < 1.29 is 14.3 Å². The molecule has 1 aromatic rings. The Balaban J connectivity index is 2.56. The lowest BCUT2D eigenvalue weighted by atomic mass is 10.1. The zero-order valence-electron chi connectivity index (χ0n) is 13.0. The van der Waals surface area contributed by atoms with Crippen LogP contribution in [0.2, 0.25) is 0 Å². The van der Waals surface area contributed by atoms with E-state index in [0.717, 1.165) is 12.0 Å². The Labute approximate surface area is 127 Å². The molecule has 0 bridgehead atoms. The lowest BCUT2D eigenvalue weighted by Crippen LogP contribution is -2.31. The number of ether oxygens (including phenoxy) is 2. The summed E-state index contributed by atoms with van der Waals surface area (Å²) in [5, 5.41) is 0. The van der Waals surface area contributed by atoms with Crippen LogP contribution in [0.1, 0.15) is 19.4 Å². The Bertz CT molecular complexity index is 493. The van der Waals surface area contributed by atoms with Gasteiger partial charge in [0.05, 0.1) is 13.2 Å².